The number of hydrogen-bond acceptors (Lipinski definition) is 4. The fourth-order valence-corrected chi connectivity index (χ4v) is 5.59. The van der Waals surface area contributed by atoms with E-state index >= 15 is 0 Å². The molecule has 1 aromatic heterocycles. The van der Waals surface area contributed by atoms with E-state index in [4.69, 9.17) is 4.74 Å². The van der Waals surface area contributed by atoms with Crippen LogP contribution in [0.25, 0.3) is 0 Å². The number of phenols is 1. The Morgan fingerprint density at radius 3 is 2.96 bits per heavy atom. The van der Waals surface area contributed by atoms with E-state index in [1.807, 2.05) is 11.3 Å². The number of thiophene rings is 1. The zero-order valence-corrected chi connectivity index (χ0v) is 15.4. The third-order valence-electron chi connectivity index (χ3n) is 5.24. The second-order valence-corrected chi connectivity index (χ2v) is 8.61. The molecule has 0 aliphatic carbocycles. The van der Waals surface area contributed by atoms with Crippen LogP contribution in [-0.4, -0.2) is 23.7 Å². The lowest BCUT2D eigenvalue weighted by Crippen LogP contribution is -2.38. The second kappa shape index (κ2) is 6.08. The molecule has 24 heavy (non-hydrogen) atoms. The molecular weight excluding hydrogens is 318 g/mol. The lowest BCUT2D eigenvalue weighted by molar-refractivity contribution is 0.159. The van der Waals surface area contributed by atoms with Gasteiger partial charge in [0.15, 0.2) is 11.5 Å². The number of ether oxygens (including phenoxy) is 1. The molecule has 4 heteroatoms. The van der Waals surface area contributed by atoms with Gasteiger partial charge in [-0.1, -0.05) is 19.9 Å². The van der Waals surface area contributed by atoms with E-state index in [-0.39, 0.29) is 5.75 Å². The van der Waals surface area contributed by atoms with Crippen molar-refractivity contribution in [2.24, 2.45) is 5.92 Å². The number of fused-ring (bicyclic) bond motifs is 4. The third kappa shape index (κ3) is 2.62. The molecule has 0 saturated heterocycles. The highest BCUT2D eigenvalue weighted by Gasteiger charge is 2.35. The third-order valence-corrected chi connectivity index (χ3v) is 6.48. The maximum absolute atomic E-state index is 10.1. The van der Waals surface area contributed by atoms with Crippen LogP contribution in [0.5, 0.6) is 11.5 Å². The highest BCUT2D eigenvalue weighted by Crippen LogP contribution is 2.45. The number of hydrogen-bond donors (Lipinski definition) is 1. The summed E-state index contributed by atoms with van der Waals surface area (Å²) in [5.74, 6) is 1.62. The number of benzene rings is 1. The van der Waals surface area contributed by atoms with Crippen LogP contribution in [0.15, 0.2) is 18.2 Å². The van der Waals surface area contributed by atoms with Gasteiger partial charge >= 0.3 is 0 Å². The Morgan fingerprint density at radius 1 is 1.38 bits per heavy atom. The van der Waals surface area contributed by atoms with Crippen molar-refractivity contribution in [1.29, 1.82) is 0 Å². The summed E-state index contributed by atoms with van der Waals surface area (Å²) in [6.07, 6.45) is 3.34. The minimum atomic E-state index is 0.252. The van der Waals surface area contributed by atoms with Gasteiger partial charge in [0, 0.05) is 34.4 Å². The van der Waals surface area contributed by atoms with Crippen molar-refractivity contribution in [3.05, 3.63) is 44.6 Å². The first kappa shape index (κ1) is 16.0. The molecule has 128 valence electrons. The summed E-state index contributed by atoms with van der Waals surface area (Å²) in [6, 6.07) is 6.78. The number of rotatable bonds is 3. The molecule has 0 radical (unpaired) electrons. The molecule has 1 aromatic carbocycles. The van der Waals surface area contributed by atoms with Crippen LogP contribution in [0.1, 0.15) is 46.3 Å². The minimum Gasteiger partial charge on any atom is -0.504 e. The fourth-order valence-electron chi connectivity index (χ4n) is 4.17. The predicted molar refractivity (Wildman–Crippen MR) is 98.1 cm³/mol. The quantitative estimate of drug-likeness (QED) is 0.901. The van der Waals surface area contributed by atoms with Crippen molar-refractivity contribution < 1.29 is 9.84 Å². The Hall–Kier alpha value is -1.52. The van der Waals surface area contributed by atoms with Crippen LogP contribution < -0.4 is 4.74 Å². The molecule has 1 N–H and O–H groups in total. The Morgan fingerprint density at radius 2 is 2.21 bits per heavy atom. The first-order chi connectivity index (χ1) is 11.6. The monoisotopic (exact) mass is 343 g/mol. The molecule has 0 spiro atoms. The largest absolute Gasteiger partial charge is 0.504 e. The van der Waals surface area contributed by atoms with E-state index in [2.05, 4.69) is 30.9 Å². The summed E-state index contributed by atoms with van der Waals surface area (Å²) >= 11 is 2.02. The molecule has 2 aliphatic rings. The van der Waals surface area contributed by atoms with E-state index in [9.17, 15) is 5.11 Å². The zero-order chi connectivity index (χ0) is 16.8. The van der Waals surface area contributed by atoms with Crippen molar-refractivity contribution in [2.45, 2.75) is 45.7 Å². The molecule has 3 nitrogen and oxygen atoms in total. The summed E-state index contributed by atoms with van der Waals surface area (Å²) in [5, 5.41) is 10.1. The molecule has 4 rings (SSSR count). The summed E-state index contributed by atoms with van der Waals surface area (Å²) in [5.41, 5.74) is 4.02. The Labute approximate surface area is 147 Å². The van der Waals surface area contributed by atoms with Gasteiger partial charge in [-0.3, -0.25) is 4.90 Å². The molecule has 0 fully saturated rings. The first-order valence-corrected chi connectivity index (χ1v) is 9.61. The van der Waals surface area contributed by atoms with Crippen molar-refractivity contribution in [3.63, 3.8) is 0 Å². The molecule has 1 atom stereocenters. The summed E-state index contributed by atoms with van der Waals surface area (Å²) in [4.78, 5) is 5.67. The number of aromatic hydroxyl groups is 1. The highest BCUT2D eigenvalue weighted by molar-refractivity contribution is 7.12. The van der Waals surface area contributed by atoms with Crippen LogP contribution in [-0.2, 0) is 25.8 Å². The average molecular weight is 343 g/mol. The zero-order valence-electron chi connectivity index (χ0n) is 14.6. The average Bonchev–Trinajstić information content (AvgIpc) is 2.95. The van der Waals surface area contributed by atoms with Crippen LogP contribution in [0.2, 0.25) is 0 Å². The van der Waals surface area contributed by atoms with E-state index in [1.54, 1.807) is 23.6 Å². The Kier molecular flexibility index (Phi) is 4.05. The van der Waals surface area contributed by atoms with Gasteiger partial charge in [0.1, 0.15) is 0 Å². The Bertz CT molecular complexity index is 765. The van der Waals surface area contributed by atoms with Crippen molar-refractivity contribution in [1.82, 2.24) is 4.90 Å². The van der Waals surface area contributed by atoms with E-state index in [0.29, 0.717) is 17.7 Å². The van der Waals surface area contributed by atoms with Crippen molar-refractivity contribution in [2.75, 3.05) is 13.7 Å². The summed E-state index contributed by atoms with van der Waals surface area (Å²) < 4.78 is 5.47. The summed E-state index contributed by atoms with van der Waals surface area (Å²) in [7, 11) is 1.65. The molecular formula is C20H25NO2S. The smallest absolute Gasteiger partial charge is 0.165 e. The van der Waals surface area contributed by atoms with Gasteiger partial charge < -0.3 is 9.84 Å². The van der Waals surface area contributed by atoms with Crippen LogP contribution in [0.3, 0.4) is 0 Å². The fraction of sp³-hybridized carbons (Fsp3) is 0.500. The number of nitrogens with zero attached hydrogens (tertiary/aromatic N) is 1. The standard InChI is InChI=1S/C20H25NO2S/c1-12(2)8-14-10-15-17-9-13-4-5-18(22)20(23-3)16(13)11-21(17)7-6-19(15)24-14/h4-5,10,12,17,22H,6-9,11H2,1-3H3. The van der Waals surface area contributed by atoms with Crippen molar-refractivity contribution in [3.8, 4) is 11.5 Å². The normalized spacial score (nSPS) is 19.8. The molecule has 3 heterocycles. The SMILES string of the molecule is COc1c(O)ccc2c1CN1CCc3sc(CC(C)C)cc3C1C2. The summed E-state index contributed by atoms with van der Waals surface area (Å²) in [6.45, 7) is 6.55. The molecule has 2 aromatic rings. The number of phenolic OH excluding ortho intramolecular Hbond substituents is 1. The van der Waals surface area contributed by atoms with E-state index < -0.39 is 0 Å². The van der Waals surface area contributed by atoms with E-state index in [0.717, 1.165) is 31.5 Å². The van der Waals surface area contributed by atoms with Gasteiger partial charge in [-0.15, -0.1) is 11.3 Å². The molecule has 0 amide bonds. The lowest BCUT2D eigenvalue weighted by Gasteiger charge is -2.40. The van der Waals surface area contributed by atoms with Gasteiger partial charge in [0.25, 0.3) is 0 Å². The van der Waals surface area contributed by atoms with Gasteiger partial charge in [0.2, 0.25) is 0 Å². The first-order valence-electron chi connectivity index (χ1n) is 8.80. The molecule has 1 unspecified atom stereocenters. The van der Waals surface area contributed by atoms with Crippen molar-refractivity contribution >= 4 is 11.3 Å². The highest BCUT2D eigenvalue weighted by atomic mass is 32.1. The van der Waals surface area contributed by atoms with E-state index in [1.165, 1.54) is 16.9 Å². The van der Waals surface area contributed by atoms with Gasteiger partial charge in [0.05, 0.1) is 7.11 Å². The van der Waals surface area contributed by atoms with Crippen LogP contribution in [0, 0.1) is 5.92 Å². The van der Waals surface area contributed by atoms with Gasteiger partial charge in [-0.05, 0) is 48.4 Å². The lowest BCUT2D eigenvalue weighted by atomic mass is 9.86. The van der Waals surface area contributed by atoms with Crippen LogP contribution in [0.4, 0.5) is 0 Å². The maximum Gasteiger partial charge on any atom is 0.165 e. The van der Waals surface area contributed by atoms with Gasteiger partial charge in [-0.2, -0.15) is 0 Å². The maximum atomic E-state index is 10.1. The van der Waals surface area contributed by atoms with Crippen LogP contribution >= 0.6 is 11.3 Å². The molecule has 2 aliphatic heterocycles. The minimum absolute atomic E-state index is 0.252. The van der Waals surface area contributed by atoms with Gasteiger partial charge in [-0.25, -0.2) is 0 Å². The second-order valence-electron chi connectivity index (χ2n) is 7.39. The molecule has 0 saturated carbocycles. The topological polar surface area (TPSA) is 32.7 Å². The number of methoxy groups -OCH3 is 1. The predicted octanol–water partition coefficient (Wildman–Crippen LogP) is 4.32. The molecule has 0 bridgehead atoms. The Balaban J connectivity index is 1.69.